The summed E-state index contributed by atoms with van der Waals surface area (Å²) in [4.78, 5) is 11.8. The van der Waals surface area contributed by atoms with E-state index in [1.807, 2.05) is 39.1 Å². The van der Waals surface area contributed by atoms with Crippen LogP contribution in [0.15, 0.2) is 24.4 Å². The van der Waals surface area contributed by atoms with Crippen molar-refractivity contribution < 1.29 is 9.53 Å². The van der Waals surface area contributed by atoms with Gasteiger partial charge in [-0.25, -0.2) is 0 Å². The molecule has 0 aliphatic carbocycles. The van der Waals surface area contributed by atoms with Crippen LogP contribution in [0.3, 0.4) is 0 Å². The van der Waals surface area contributed by atoms with E-state index in [0.29, 0.717) is 18.9 Å². The highest BCUT2D eigenvalue weighted by atomic mass is 16.5. The Kier molecular flexibility index (Phi) is 4.32. The van der Waals surface area contributed by atoms with Gasteiger partial charge in [-0.3, -0.25) is 4.79 Å². The van der Waals surface area contributed by atoms with Gasteiger partial charge in [-0.15, -0.1) is 0 Å². The van der Waals surface area contributed by atoms with Crippen LogP contribution in [0.25, 0.3) is 10.9 Å². The number of fused-ring (bicyclic) bond motifs is 1. The first-order valence-electron chi connectivity index (χ1n) is 6.90. The number of rotatable bonds is 5. The Morgan fingerprint density at radius 3 is 2.80 bits per heavy atom. The van der Waals surface area contributed by atoms with Crippen LogP contribution < -0.4 is 10.1 Å². The molecule has 0 spiro atoms. The van der Waals surface area contributed by atoms with Gasteiger partial charge in [-0.2, -0.15) is 0 Å². The Morgan fingerprint density at radius 2 is 2.15 bits per heavy atom. The largest absolute Gasteiger partial charge is 0.497 e. The maximum Gasteiger partial charge on any atom is 0.220 e. The van der Waals surface area contributed by atoms with Gasteiger partial charge in [0.15, 0.2) is 0 Å². The van der Waals surface area contributed by atoms with Crippen LogP contribution in [0.2, 0.25) is 0 Å². The predicted octanol–water partition coefficient (Wildman–Crippen LogP) is 2.85. The van der Waals surface area contributed by atoms with Crippen LogP contribution in [0.1, 0.15) is 25.8 Å². The fourth-order valence-corrected chi connectivity index (χ4v) is 2.36. The molecule has 1 amide bonds. The lowest BCUT2D eigenvalue weighted by Gasteiger charge is -2.06. The van der Waals surface area contributed by atoms with Crippen molar-refractivity contribution in [2.45, 2.75) is 26.8 Å². The molecule has 0 fully saturated rings. The van der Waals surface area contributed by atoms with Crippen molar-refractivity contribution in [1.82, 2.24) is 9.88 Å². The van der Waals surface area contributed by atoms with Crippen LogP contribution in [-0.2, 0) is 18.4 Å². The first kappa shape index (κ1) is 14.4. The minimum Gasteiger partial charge on any atom is -0.497 e. The third kappa shape index (κ3) is 3.13. The van der Waals surface area contributed by atoms with Crippen molar-refractivity contribution >= 4 is 16.8 Å². The lowest BCUT2D eigenvalue weighted by atomic mass is 10.1. The normalized spacial score (nSPS) is 11.1. The molecule has 20 heavy (non-hydrogen) atoms. The predicted molar refractivity (Wildman–Crippen MR) is 80.8 cm³/mol. The highest BCUT2D eigenvalue weighted by Crippen LogP contribution is 2.25. The molecule has 0 radical (unpaired) electrons. The molecule has 0 saturated heterocycles. The number of hydrogen-bond acceptors (Lipinski definition) is 2. The number of benzene rings is 1. The standard InChI is InChI=1S/C16H22N2O2/c1-11(2)7-16(19)17-9-12-10-18(3)15-6-5-13(20-4)8-14(12)15/h5-6,8,10-11H,7,9H2,1-4H3,(H,17,19). The van der Waals surface area contributed by atoms with Crippen LogP contribution in [0.5, 0.6) is 5.75 Å². The number of amides is 1. The van der Waals surface area contributed by atoms with E-state index in [1.165, 1.54) is 0 Å². The summed E-state index contributed by atoms with van der Waals surface area (Å²) in [6.45, 7) is 4.64. The molecule has 0 saturated carbocycles. The summed E-state index contributed by atoms with van der Waals surface area (Å²) in [5, 5.41) is 4.10. The minimum atomic E-state index is 0.0971. The van der Waals surface area contributed by atoms with E-state index >= 15 is 0 Å². The van der Waals surface area contributed by atoms with Gasteiger partial charge in [0.1, 0.15) is 5.75 Å². The van der Waals surface area contributed by atoms with Crippen molar-refractivity contribution in [3.8, 4) is 5.75 Å². The second kappa shape index (κ2) is 5.99. The molecule has 1 heterocycles. The molecular weight excluding hydrogens is 252 g/mol. The maximum atomic E-state index is 11.8. The molecule has 0 unspecified atom stereocenters. The zero-order valence-corrected chi connectivity index (χ0v) is 12.6. The summed E-state index contributed by atoms with van der Waals surface area (Å²) in [7, 11) is 3.67. The third-order valence-corrected chi connectivity index (χ3v) is 3.35. The van der Waals surface area contributed by atoms with Gasteiger partial charge in [0, 0.05) is 37.1 Å². The Balaban J connectivity index is 2.19. The average molecular weight is 274 g/mol. The minimum absolute atomic E-state index is 0.0971. The lowest BCUT2D eigenvalue weighted by Crippen LogP contribution is -2.23. The van der Waals surface area contributed by atoms with Gasteiger partial charge in [-0.1, -0.05) is 13.8 Å². The van der Waals surface area contributed by atoms with Crippen molar-refractivity contribution in [1.29, 1.82) is 0 Å². The number of aromatic nitrogens is 1. The molecule has 4 nitrogen and oxygen atoms in total. The summed E-state index contributed by atoms with van der Waals surface area (Å²) in [6.07, 6.45) is 2.62. The third-order valence-electron chi connectivity index (χ3n) is 3.35. The fraction of sp³-hybridized carbons (Fsp3) is 0.438. The number of hydrogen-bond donors (Lipinski definition) is 1. The molecule has 2 rings (SSSR count). The molecule has 1 aromatic carbocycles. The number of carbonyl (C=O) groups is 1. The van der Waals surface area contributed by atoms with Crippen LogP contribution in [0.4, 0.5) is 0 Å². The van der Waals surface area contributed by atoms with Crippen LogP contribution in [0, 0.1) is 5.92 Å². The summed E-state index contributed by atoms with van der Waals surface area (Å²) in [6, 6.07) is 6.00. The van der Waals surface area contributed by atoms with E-state index in [9.17, 15) is 4.79 Å². The number of nitrogens with zero attached hydrogens (tertiary/aromatic N) is 1. The van der Waals surface area contributed by atoms with Gasteiger partial charge >= 0.3 is 0 Å². The van der Waals surface area contributed by atoms with Crippen molar-refractivity contribution in [2.24, 2.45) is 13.0 Å². The summed E-state index contributed by atoms with van der Waals surface area (Å²) >= 11 is 0. The second-order valence-electron chi connectivity index (χ2n) is 5.52. The second-order valence-corrected chi connectivity index (χ2v) is 5.52. The van der Waals surface area contributed by atoms with E-state index in [4.69, 9.17) is 4.74 Å². The summed E-state index contributed by atoms with van der Waals surface area (Å²) < 4.78 is 7.34. The Bertz CT molecular complexity index is 614. The van der Waals surface area contributed by atoms with Gasteiger partial charge < -0.3 is 14.6 Å². The van der Waals surface area contributed by atoms with E-state index in [2.05, 4.69) is 16.1 Å². The summed E-state index contributed by atoms with van der Waals surface area (Å²) in [5.74, 6) is 1.31. The molecule has 1 aromatic heterocycles. The van der Waals surface area contributed by atoms with Gasteiger partial charge in [0.05, 0.1) is 7.11 Å². The zero-order chi connectivity index (χ0) is 14.7. The van der Waals surface area contributed by atoms with Gasteiger partial charge in [0.25, 0.3) is 0 Å². The molecule has 108 valence electrons. The molecule has 4 heteroatoms. The molecular formula is C16H22N2O2. The highest BCUT2D eigenvalue weighted by Gasteiger charge is 2.10. The summed E-state index contributed by atoms with van der Waals surface area (Å²) in [5.41, 5.74) is 2.25. The van der Waals surface area contributed by atoms with E-state index in [-0.39, 0.29) is 5.91 Å². The topological polar surface area (TPSA) is 43.3 Å². The first-order chi connectivity index (χ1) is 9.51. The Labute approximate surface area is 119 Å². The molecule has 0 aliphatic heterocycles. The van der Waals surface area contributed by atoms with Crippen LogP contribution >= 0.6 is 0 Å². The lowest BCUT2D eigenvalue weighted by molar-refractivity contribution is -0.121. The van der Waals surface area contributed by atoms with Gasteiger partial charge in [-0.05, 0) is 29.7 Å². The smallest absolute Gasteiger partial charge is 0.220 e. The van der Waals surface area contributed by atoms with Crippen molar-refractivity contribution in [2.75, 3.05) is 7.11 Å². The SMILES string of the molecule is COc1ccc2c(c1)c(CNC(=O)CC(C)C)cn2C. The maximum absolute atomic E-state index is 11.8. The monoisotopic (exact) mass is 274 g/mol. The average Bonchev–Trinajstić information content (AvgIpc) is 2.72. The molecule has 0 bridgehead atoms. The van der Waals surface area contributed by atoms with Crippen LogP contribution in [-0.4, -0.2) is 17.6 Å². The van der Waals surface area contributed by atoms with E-state index < -0.39 is 0 Å². The Hall–Kier alpha value is -1.97. The van der Waals surface area contributed by atoms with Crippen molar-refractivity contribution in [3.05, 3.63) is 30.0 Å². The zero-order valence-electron chi connectivity index (χ0n) is 12.6. The number of nitrogens with one attached hydrogen (secondary N) is 1. The number of carbonyl (C=O) groups excluding carboxylic acids is 1. The number of methoxy groups -OCH3 is 1. The Morgan fingerprint density at radius 1 is 1.40 bits per heavy atom. The first-order valence-corrected chi connectivity index (χ1v) is 6.90. The van der Waals surface area contributed by atoms with Crippen molar-refractivity contribution in [3.63, 3.8) is 0 Å². The number of ether oxygens (including phenoxy) is 1. The van der Waals surface area contributed by atoms with E-state index in [0.717, 1.165) is 22.2 Å². The highest BCUT2D eigenvalue weighted by molar-refractivity contribution is 5.86. The fourth-order valence-electron chi connectivity index (χ4n) is 2.36. The molecule has 0 aliphatic rings. The van der Waals surface area contributed by atoms with Gasteiger partial charge in [0.2, 0.25) is 5.91 Å². The number of aryl methyl sites for hydroxylation is 1. The molecule has 1 N–H and O–H groups in total. The molecule has 0 atom stereocenters. The van der Waals surface area contributed by atoms with E-state index in [1.54, 1.807) is 7.11 Å². The quantitative estimate of drug-likeness (QED) is 0.911. The molecule has 2 aromatic rings.